The van der Waals surface area contributed by atoms with E-state index < -0.39 is 17.7 Å². The highest BCUT2D eigenvalue weighted by molar-refractivity contribution is 8.14. The van der Waals surface area contributed by atoms with Crippen molar-refractivity contribution in [2.24, 2.45) is 4.99 Å². The van der Waals surface area contributed by atoms with E-state index in [2.05, 4.69) is 65.9 Å². The van der Waals surface area contributed by atoms with Crippen molar-refractivity contribution in [2.45, 2.75) is 64.9 Å². The number of urea groups is 1. The van der Waals surface area contributed by atoms with Crippen molar-refractivity contribution in [1.29, 1.82) is 0 Å². The quantitative estimate of drug-likeness (QED) is 0.190. The summed E-state index contributed by atoms with van der Waals surface area (Å²) in [6.07, 6.45) is -0.183. The van der Waals surface area contributed by atoms with Gasteiger partial charge in [0.05, 0.1) is 16.5 Å². The number of aromatic nitrogens is 3. The lowest BCUT2D eigenvalue weighted by molar-refractivity contribution is -0.141. The number of Topliss-reactive ketones (excluding diaryl/α,β-unsaturated/α-hetero) is 1. The number of ether oxygens (including phenoxy) is 1. The lowest BCUT2D eigenvalue weighted by Gasteiger charge is -2.24. The Kier molecular flexibility index (Phi) is 10.3. The molecule has 1 aliphatic heterocycles. The van der Waals surface area contributed by atoms with Crippen LogP contribution < -0.4 is 10.1 Å². The number of halogens is 2. The molecule has 0 bridgehead atoms. The van der Waals surface area contributed by atoms with Gasteiger partial charge in [0.2, 0.25) is 0 Å². The molecule has 3 aromatic carbocycles. The number of hydrogen-bond acceptors (Lipinski definition) is 6. The van der Waals surface area contributed by atoms with Gasteiger partial charge in [-0.15, -0.1) is 16.9 Å². The van der Waals surface area contributed by atoms with E-state index in [4.69, 9.17) is 4.74 Å². The van der Waals surface area contributed by atoms with E-state index in [9.17, 15) is 18.4 Å². The Balaban J connectivity index is 1.23. The Bertz CT molecular complexity index is 1820. The number of thioether (sulfide) groups is 1. The molecule has 5 rings (SSSR count). The molecule has 11 heteroatoms. The number of nitrogens with zero attached hydrogens (tertiary/aromatic N) is 4. The van der Waals surface area contributed by atoms with Gasteiger partial charge in [-0.25, -0.2) is 14.5 Å². The number of nitrogens with one attached hydrogen (secondary N) is 1. The third-order valence-corrected chi connectivity index (χ3v) is 8.92. The molecule has 0 aliphatic carbocycles. The van der Waals surface area contributed by atoms with Gasteiger partial charge in [-0.05, 0) is 86.1 Å². The average molecular weight is 658 g/mol. The first-order valence-corrected chi connectivity index (χ1v) is 16.4. The number of ketones is 1. The van der Waals surface area contributed by atoms with E-state index in [0.29, 0.717) is 46.6 Å². The van der Waals surface area contributed by atoms with Crippen LogP contribution in [-0.2, 0) is 4.79 Å². The minimum atomic E-state index is -3.50. The average Bonchev–Trinajstić information content (AvgIpc) is 3.51. The van der Waals surface area contributed by atoms with Gasteiger partial charge in [-0.1, -0.05) is 50.3 Å². The second kappa shape index (κ2) is 14.4. The lowest BCUT2D eigenvalue weighted by Crippen LogP contribution is -2.25. The maximum atomic E-state index is 14.0. The van der Waals surface area contributed by atoms with Crippen molar-refractivity contribution in [2.75, 3.05) is 11.1 Å². The summed E-state index contributed by atoms with van der Waals surface area (Å²) < 4.78 is 34.2. The summed E-state index contributed by atoms with van der Waals surface area (Å²) in [5.41, 5.74) is 4.95. The molecule has 1 fully saturated rings. The minimum absolute atomic E-state index is 0.0352. The first kappa shape index (κ1) is 33.7. The van der Waals surface area contributed by atoms with E-state index in [1.807, 2.05) is 0 Å². The summed E-state index contributed by atoms with van der Waals surface area (Å²) in [5, 5.41) is 7.91. The third kappa shape index (κ3) is 8.59. The SMILES string of the molecule is C=C(C)C(F)(F)Oc1cccc(-n2cnc(-c3ccc(NC(=O)N=C4CCC(c5cc(C)ccc5C(C)C)CC(=O)CS4)cc3)n2)c1. The van der Waals surface area contributed by atoms with Gasteiger partial charge < -0.3 is 10.1 Å². The normalized spacial score (nSPS) is 16.5. The monoisotopic (exact) mass is 657 g/mol. The molecule has 1 aromatic heterocycles. The zero-order valence-electron chi connectivity index (χ0n) is 26.8. The molecule has 244 valence electrons. The highest BCUT2D eigenvalue weighted by atomic mass is 32.2. The Hall–Kier alpha value is -4.64. The Labute approximate surface area is 277 Å². The summed E-state index contributed by atoms with van der Waals surface area (Å²) >= 11 is 1.33. The van der Waals surface area contributed by atoms with Crippen LogP contribution in [0.3, 0.4) is 0 Å². The number of anilines is 1. The Morgan fingerprint density at radius 3 is 2.64 bits per heavy atom. The molecule has 0 saturated carbocycles. The maximum Gasteiger partial charge on any atom is 0.422 e. The van der Waals surface area contributed by atoms with Gasteiger partial charge in [0, 0.05) is 29.3 Å². The molecule has 4 aromatic rings. The summed E-state index contributed by atoms with van der Waals surface area (Å²) in [4.78, 5) is 34.3. The first-order chi connectivity index (χ1) is 22.4. The summed E-state index contributed by atoms with van der Waals surface area (Å²) in [5.74, 6) is 1.24. The lowest BCUT2D eigenvalue weighted by atomic mass is 9.83. The molecule has 1 aliphatic rings. The van der Waals surface area contributed by atoms with Gasteiger partial charge >= 0.3 is 12.1 Å². The van der Waals surface area contributed by atoms with Crippen molar-refractivity contribution in [3.05, 3.63) is 102 Å². The number of alkyl halides is 2. The first-order valence-electron chi connectivity index (χ1n) is 15.4. The molecule has 1 unspecified atom stereocenters. The number of aryl methyl sites for hydroxylation is 1. The fourth-order valence-electron chi connectivity index (χ4n) is 5.31. The molecular formula is C36H37F2N5O3S. The summed E-state index contributed by atoms with van der Waals surface area (Å²) in [6.45, 7) is 10.9. The van der Waals surface area contributed by atoms with Crippen LogP contribution in [0.15, 0.2) is 90.2 Å². The van der Waals surface area contributed by atoms with E-state index in [1.54, 1.807) is 36.4 Å². The van der Waals surface area contributed by atoms with Gasteiger partial charge in [0.1, 0.15) is 17.9 Å². The summed E-state index contributed by atoms with van der Waals surface area (Å²) in [6, 6.07) is 19.1. The van der Waals surface area contributed by atoms with Crippen LogP contribution in [0, 0.1) is 6.92 Å². The van der Waals surface area contributed by atoms with E-state index in [0.717, 1.165) is 6.42 Å². The van der Waals surface area contributed by atoms with Crippen molar-refractivity contribution in [3.63, 3.8) is 0 Å². The molecule has 1 atom stereocenters. The highest BCUT2D eigenvalue weighted by Gasteiger charge is 2.33. The van der Waals surface area contributed by atoms with E-state index >= 15 is 0 Å². The second-order valence-corrected chi connectivity index (χ2v) is 13.0. The van der Waals surface area contributed by atoms with Crippen molar-refractivity contribution in [3.8, 4) is 22.8 Å². The minimum Gasteiger partial charge on any atom is -0.429 e. The largest absolute Gasteiger partial charge is 0.429 e. The third-order valence-electron chi connectivity index (χ3n) is 7.82. The fraction of sp³-hybridized carbons (Fsp3) is 0.306. The van der Waals surface area contributed by atoms with Crippen LogP contribution in [0.5, 0.6) is 5.75 Å². The van der Waals surface area contributed by atoms with Crippen LogP contribution in [0.4, 0.5) is 19.3 Å². The van der Waals surface area contributed by atoms with Crippen LogP contribution in [-0.4, -0.2) is 43.5 Å². The molecule has 47 heavy (non-hydrogen) atoms. The zero-order valence-corrected chi connectivity index (χ0v) is 27.6. The van der Waals surface area contributed by atoms with Crippen LogP contribution >= 0.6 is 11.8 Å². The van der Waals surface area contributed by atoms with E-state index in [-0.39, 0.29) is 23.2 Å². The van der Waals surface area contributed by atoms with Crippen LogP contribution in [0.1, 0.15) is 68.6 Å². The number of carbonyl (C=O) groups is 2. The smallest absolute Gasteiger partial charge is 0.422 e. The number of rotatable bonds is 8. The standard InChI is InChI=1S/C36H37F2N5O3S/c1-22(2)31-15-9-24(5)17-32(31)26-12-16-33(47-20-29(44)18-26)41-35(45)40-27-13-10-25(11-14-27)34-39-21-43(42-34)28-7-6-8-30(19-28)46-36(37,38)23(3)4/h6-11,13-15,17,19,21-22,26H,3,12,16,18,20H2,1-2,4-5H3,(H,40,45). The molecule has 1 saturated heterocycles. The van der Waals surface area contributed by atoms with E-state index in [1.165, 1.54) is 58.5 Å². The highest BCUT2D eigenvalue weighted by Crippen LogP contribution is 2.35. The predicted octanol–water partition coefficient (Wildman–Crippen LogP) is 9.11. The number of carbonyl (C=O) groups excluding carboxylic acids is 2. The molecule has 2 heterocycles. The molecule has 0 radical (unpaired) electrons. The second-order valence-electron chi connectivity index (χ2n) is 12.0. The number of aliphatic imine (C=N–C) groups is 1. The molecule has 1 N–H and O–H groups in total. The van der Waals surface area contributed by atoms with Crippen molar-refractivity contribution >= 4 is 34.3 Å². The number of hydrogen-bond donors (Lipinski definition) is 1. The predicted molar refractivity (Wildman–Crippen MR) is 183 cm³/mol. The van der Waals surface area contributed by atoms with Crippen molar-refractivity contribution < 1.29 is 23.1 Å². The molecule has 0 spiro atoms. The topological polar surface area (TPSA) is 98.5 Å². The molecular weight excluding hydrogens is 620 g/mol. The van der Waals surface area contributed by atoms with Gasteiger partial charge in [0.25, 0.3) is 0 Å². The molecule has 8 nitrogen and oxygen atoms in total. The fourth-order valence-corrected chi connectivity index (χ4v) is 6.16. The van der Waals surface area contributed by atoms with Gasteiger partial charge in [0.15, 0.2) is 5.82 Å². The number of amides is 2. The Morgan fingerprint density at radius 1 is 1.15 bits per heavy atom. The van der Waals surface area contributed by atoms with Crippen molar-refractivity contribution in [1.82, 2.24) is 14.8 Å². The maximum absolute atomic E-state index is 14.0. The van der Waals surface area contributed by atoms with Gasteiger partial charge in [-0.3, -0.25) is 4.79 Å². The van der Waals surface area contributed by atoms with Gasteiger partial charge in [-0.2, -0.15) is 13.8 Å². The zero-order chi connectivity index (χ0) is 33.7. The number of benzene rings is 3. The van der Waals surface area contributed by atoms with Crippen LogP contribution in [0.2, 0.25) is 0 Å². The summed E-state index contributed by atoms with van der Waals surface area (Å²) in [7, 11) is 0. The Morgan fingerprint density at radius 2 is 1.91 bits per heavy atom. The van der Waals surface area contributed by atoms with Crippen LogP contribution in [0.25, 0.3) is 17.1 Å². The molecule has 2 amide bonds.